The van der Waals surface area contributed by atoms with Crippen LogP contribution in [0.3, 0.4) is 0 Å². The number of rotatable bonds is 5. The third-order valence-electron chi connectivity index (χ3n) is 3.46. The van der Waals surface area contributed by atoms with Crippen LogP contribution in [0.25, 0.3) is 0 Å². The first-order chi connectivity index (χ1) is 8.13. The predicted molar refractivity (Wildman–Crippen MR) is 63.7 cm³/mol. The van der Waals surface area contributed by atoms with Crippen LogP contribution in [-0.4, -0.2) is 19.6 Å². The van der Waals surface area contributed by atoms with Gasteiger partial charge in [0.2, 0.25) is 5.76 Å². The van der Waals surface area contributed by atoms with Crippen LogP contribution in [-0.2, 0) is 11.3 Å². The van der Waals surface area contributed by atoms with E-state index in [1.54, 1.807) is 6.07 Å². The Morgan fingerprint density at radius 1 is 1.53 bits per heavy atom. The van der Waals surface area contributed by atoms with Gasteiger partial charge in [-0.15, -0.1) is 0 Å². The molecule has 0 spiro atoms. The fourth-order valence-electron chi connectivity index (χ4n) is 2.13. The SMILES string of the molecule is COC(=O)c1ccc(CNCC2(C)CCC2)o1. The Labute approximate surface area is 101 Å². The summed E-state index contributed by atoms with van der Waals surface area (Å²) in [5, 5.41) is 3.37. The van der Waals surface area contributed by atoms with Crippen LogP contribution in [0.15, 0.2) is 16.5 Å². The molecule has 0 saturated heterocycles. The second-order valence-electron chi connectivity index (χ2n) is 5.03. The fraction of sp³-hybridized carbons (Fsp3) is 0.615. The molecular formula is C13H19NO3. The molecule has 1 aromatic rings. The molecule has 0 radical (unpaired) electrons. The molecule has 1 N–H and O–H groups in total. The van der Waals surface area contributed by atoms with Gasteiger partial charge in [-0.3, -0.25) is 0 Å². The molecule has 0 atom stereocenters. The van der Waals surface area contributed by atoms with E-state index in [1.807, 2.05) is 6.07 Å². The van der Waals surface area contributed by atoms with Gasteiger partial charge >= 0.3 is 5.97 Å². The van der Waals surface area contributed by atoms with Crippen molar-refractivity contribution in [1.82, 2.24) is 5.32 Å². The molecule has 2 rings (SSSR count). The molecule has 0 unspecified atom stereocenters. The van der Waals surface area contributed by atoms with E-state index < -0.39 is 5.97 Å². The second-order valence-corrected chi connectivity index (χ2v) is 5.03. The van der Waals surface area contributed by atoms with Crippen molar-refractivity contribution in [3.05, 3.63) is 23.7 Å². The van der Waals surface area contributed by atoms with Crippen molar-refractivity contribution in [3.63, 3.8) is 0 Å². The molecule has 1 saturated carbocycles. The minimum atomic E-state index is -0.429. The number of carbonyl (C=O) groups is 1. The summed E-state index contributed by atoms with van der Waals surface area (Å²) in [7, 11) is 1.35. The molecule has 1 heterocycles. The lowest BCUT2D eigenvalue weighted by molar-refractivity contribution is 0.0562. The van der Waals surface area contributed by atoms with E-state index in [-0.39, 0.29) is 5.76 Å². The van der Waals surface area contributed by atoms with E-state index >= 15 is 0 Å². The normalized spacial score (nSPS) is 17.5. The van der Waals surface area contributed by atoms with Crippen molar-refractivity contribution in [2.24, 2.45) is 5.41 Å². The Hall–Kier alpha value is -1.29. The number of methoxy groups -OCH3 is 1. The van der Waals surface area contributed by atoms with Crippen LogP contribution in [0.1, 0.15) is 42.5 Å². The topological polar surface area (TPSA) is 51.5 Å². The zero-order valence-corrected chi connectivity index (χ0v) is 10.4. The van der Waals surface area contributed by atoms with Crippen molar-refractivity contribution < 1.29 is 13.9 Å². The molecule has 0 aliphatic heterocycles. The summed E-state index contributed by atoms with van der Waals surface area (Å²) in [6.45, 7) is 3.96. The smallest absolute Gasteiger partial charge is 0.373 e. The van der Waals surface area contributed by atoms with Gasteiger partial charge < -0.3 is 14.5 Å². The number of hydrogen-bond acceptors (Lipinski definition) is 4. The van der Waals surface area contributed by atoms with Crippen molar-refractivity contribution in [1.29, 1.82) is 0 Å². The number of furan rings is 1. The Bertz CT molecular complexity index is 393. The molecule has 1 fully saturated rings. The van der Waals surface area contributed by atoms with Gasteiger partial charge in [0, 0.05) is 6.54 Å². The first-order valence-corrected chi connectivity index (χ1v) is 6.01. The average molecular weight is 237 g/mol. The van der Waals surface area contributed by atoms with Gasteiger partial charge in [0.1, 0.15) is 5.76 Å². The first kappa shape index (κ1) is 12.2. The molecule has 4 nitrogen and oxygen atoms in total. The maximum Gasteiger partial charge on any atom is 0.373 e. The molecule has 0 amide bonds. The molecule has 0 aromatic carbocycles. The van der Waals surface area contributed by atoms with Gasteiger partial charge in [-0.2, -0.15) is 0 Å². The van der Waals surface area contributed by atoms with Gasteiger partial charge in [-0.05, 0) is 30.4 Å². The molecule has 17 heavy (non-hydrogen) atoms. The molecule has 0 bridgehead atoms. The van der Waals surface area contributed by atoms with Gasteiger partial charge in [-0.1, -0.05) is 13.3 Å². The van der Waals surface area contributed by atoms with E-state index in [4.69, 9.17) is 4.42 Å². The van der Waals surface area contributed by atoms with Crippen LogP contribution in [0.4, 0.5) is 0 Å². The number of ether oxygens (including phenoxy) is 1. The lowest BCUT2D eigenvalue weighted by atomic mass is 9.70. The number of esters is 1. The van der Waals surface area contributed by atoms with Crippen molar-refractivity contribution in [2.45, 2.75) is 32.7 Å². The summed E-state index contributed by atoms with van der Waals surface area (Å²) in [4.78, 5) is 11.2. The Morgan fingerprint density at radius 3 is 2.88 bits per heavy atom. The minimum Gasteiger partial charge on any atom is -0.463 e. The second kappa shape index (κ2) is 4.92. The van der Waals surface area contributed by atoms with Crippen LogP contribution < -0.4 is 5.32 Å². The van der Waals surface area contributed by atoms with Crippen molar-refractivity contribution >= 4 is 5.97 Å². The molecule has 94 valence electrons. The number of nitrogens with one attached hydrogen (secondary N) is 1. The molecular weight excluding hydrogens is 218 g/mol. The zero-order valence-electron chi connectivity index (χ0n) is 10.4. The lowest BCUT2D eigenvalue weighted by Gasteiger charge is -2.38. The quantitative estimate of drug-likeness (QED) is 0.799. The summed E-state index contributed by atoms with van der Waals surface area (Å²) in [5.74, 6) is 0.606. The van der Waals surface area contributed by atoms with E-state index in [9.17, 15) is 4.79 Å². The summed E-state index contributed by atoms with van der Waals surface area (Å²) < 4.78 is 9.95. The van der Waals surface area contributed by atoms with E-state index in [2.05, 4.69) is 17.0 Å². The third kappa shape index (κ3) is 2.88. The van der Waals surface area contributed by atoms with E-state index in [0.717, 1.165) is 12.3 Å². The highest BCUT2D eigenvalue weighted by molar-refractivity contribution is 5.86. The minimum absolute atomic E-state index is 0.263. The van der Waals surface area contributed by atoms with Gasteiger partial charge in [0.25, 0.3) is 0 Å². The Balaban J connectivity index is 1.79. The molecule has 1 aromatic heterocycles. The van der Waals surface area contributed by atoms with Gasteiger partial charge in [-0.25, -0.2) is 4.79 Å². The summed E-state index contributed by atoms with van der Waals surface area (Å²) >= 11 is 0. The zero-order chi connectivity index (χ0) is 12.3. The highest BCUT2D eigenvalue weighted by Crippen LogP contribution is 2.39. The van der Waals surface area contributed by atoms with Gasteiger partial charge in [0.15, 0.2) is 0 Å². The Kier molecular flexibility index (Phi) is 3.52. The summed E-state index contributed by atoms with van der Waals surface area (Å²) in [6.07, 6.45) is 3.93. The van der Waals surface area contributed by atoms with Crippen LogP contribution in [0.2, 0.25) is 0 Å². The number of carbonyl (C=O) groups excluding carboxylic acids is 1. The molecule has 1 aliphatic carbocycles. The maximum atomic E-state index is 11.2. The van der Waals surface area contributed by atoms with Crippen molar-refractivity contribution in [3.8, 4) is 0 Å². The first-order valence-electron chi connectivity index (χ1n) is 6.01. The molecule has 1 aliphatic rings. The average Bonchev–Trinajstić information content (AvgIpc) is 2.74. The van der Waals surface area contributed by atoms with Crippen LogP contribution >= 0.6 is 0 Å². The van der Waals surface area contributed by atoms with Crippen LogP contribution in [0, 0.1) is 5.41 Å². The Morgan fingerprint density at radius 2 is 2.29 bits per heavy atom. The highest BCUT2D eigenvalue weighted by Gasteiger charge is 2.30. The number of hydrogen-bond donors (Lipinski definition) is 1. The largest absolute Gasteiger partial charge is 0.463 e. The summed E-state index contributed by atoms with van der Waals surface area (Å²) in [6, 6.07) is 3.45. The maximum absolute atomic E-state index is 11.2. The monoisotopic (exact) mass is 237 g/mol. The fourth-order valence-corrected chi connectivity index (χ4v) is 2.13. The lowest BCUT2D eigenvalue weighted by Crippen LogP contribution is -2.36. The summed E-state index contributed by atoms with van der Waals surface area (Å²) in [5.41, 5.74) is 0.456. The molecule has 4 heteroatoms. The van der Waals surface area contributed by atoms with Crippen molar-refractivity contribution in [2.75, 3.05) is 13.7 Å². The standard InChI is InChI=1S/C13H19NO3/c1-13(6-3-7-13)9-14-8-10-4-5-11(17-10)12(15)16-2/h4-5,14H,3,6-9H2,1-2H3. The highest BCUT2D eigenvalue weighted by atomic mass is 16.5. The van der Waals surface area contributed by atoms with Crippen LogP contribution in [0.5, 0.6) is 0 Å². The third-order valence-corrected chi connectivity index (χ3v) is 3.46. The van der Waals surface area contributed by atoms with Gasteiger partial charge in [0.05, 0.1) is 13.7 Å². The predicted octanol–water partition coefficient (Wildman–Crippen LogP) is 2.35. The van der Waals surface area contributed by atoms with E-state index in [0.29, 0.717) is 12.0 Å². The van der Waals surface area contributed by atoms with E-state index in [1.165, 1.54) is 26.4 Å².